The van der Waals surface area contributed by atoms with Crippen molar-refractivity contribution in [1.82, 2.24) is 10.2 Å². The highest BCUT2D eigenvalue weighted by Gasteiger charge is 2.23. The fraction of sp³-hybridized carbons (Fsp3) is 0.308. The van der Waals surface area contributed by atoms with Crippen molar-refractivity contribution in [2.45, 2.75) is 20.8 Å². The molecule has 1 aromatic carbocycles. The summed E-state index contributed by atoms with van der Waals surface area (Å²) < 4.78 is 5.29. The molecular weight excluding hydrogens is 276 g/mol. The number of hydrogen-bond acceptors (Lipinski definition) is 6. The number of nitrogens with one attached hydrogen (secondary N) is 1. The second-order valence-electron chi connectivity index (χ2n) is 5.42. The van der Waals surface area contributed by atoms with E-state index >= 15 is 0 Å². The van der Waals surface area contributed by atoms with E-state index in [9.17, 15) is 14.9 Å². The van der Waals surface area contributed by atoms with Gasteiger partial charge in [0, 0.05) is 23.1 Å². The van der Waals surface area contributed by atoms with Crippen LogP contribution in [0.1, 0.15) is 20.8 Å². The lowest BCUT2D eigenvalue weighted by Crippen LogP contribution is -2.27. The number of carbonyl (C=O) groups is 1. The molecule has 0 radical (unpaired) electrons. The number of amides is 1. The quantitative estimate of drug-likeness (QED) is 0.687. The number of hydrogen-bond donors (Lipinski definition) is 1. The van der Waals surface area contributed by atoms with E-state index in [2.05, 4.69) is 15.5 Å². The molecule has 8 heteroatoms. The first kappa shape index (κ1) is 14.6. The number of anilines is 1. The Morgan fingerprint density at radius 1 is 1.33 bits per heavy atom. The first-order valence-corrected chi connectivity index (χ1v) is 6.17. The average Bonchev–Trinajstić information content (AvgIpc) is 2.86. The summed E-state index contributed by atoms with van der Waals surface area (Å²) in [5.74, 6) is -0.167. The van der Waals surface area contributed by atoms with Crippen LogP contribution in [-0.4, -0.2) is 21.0 Å². The standard InChI is InChI=1S/C13H14N4O4/c1-13(2,3)11(18)14-12-16-15-10(21-12)8-5-4-6-9(7-8)17(19)20/h4-7H,1-3H3,(H,14,16,18). The molecule has 8 nitrogen and oxygen atoms in total. The van der Waals surface area contributed by atoms with Gasteiger partial charge >= 0.3 is 6.01 Å². The molecule has 1 N–H and O–H groups in total. The van der Waals surface area contributed by atoms with Gasteiger partial charge in [-0.3, -0.25) is 20.2 Å². The van der Waals surface area contributed by atoms with Crippen LogP contribution in [0.2, 0.25) is 0 Å². The van der Waals surface area contributed by atoms with Gasteiger partial charge in [-0.2, -0.15) is 0 Å². The number of nitro groups is 1. The Hall–Kier alpha value is -2.77. The predicted octanol–water partition coefficient (Wildman–Crippen LogP) is 2.63. The van der Waals surface area contributed by atoms with E-state index in [0.717, 1.165) is 0 Å². The number of non-ortho nitro benzene ring substituents is 1. The molecular formula is C13H14N4O4. The molecule has 0 unspecified atom stereocenters. The third-order valence-corrected chi connectivity index (χ3v) is 2.63. The maximum atomic E-state index is 11.8. The van der Waals surface area contributed by atoms with Crippen LogP contribution in [0.3, 0.4) is 0 Å². The summed E-state index contributed by atoms with van der Waals surface area (Å²) in [5.41, 5.74) is -0.265. The second kappa shape index (κ2) is 5.31. The number of nitrogens with zero attached hydrogens (tertiary/aromatic N) is 3. The smallest absolute Gasteiger partial charge is 0.322 e. The fourth-order valence-corrected chi connectivity index (χ4v) is 1.43. The van der Waals surface area contributed by atoms with Crippen molar-refractivity contribution in [3.63, 3.8) is 0 Å². The second-order valence-corrected chi connectivity index (χ2v) is 5.42. The number of nitro benzene ring substituents is 1. The zero-order valence-corrected chi connectivity index (χ0v) is 11.8. The van der Waals surface area contributed by atoms with Crippen molar-refractivity contribution in [3.8, 4) is 11.5 Å². The first-order valence-electron chi connectivity index (χ1n) is 6.17. The van der Waals surface area contributed by atoms with Gasteiger partial charge in [0.15, 0.2) is 0 Å². The molecule has 1 aromatic heterocycles. The Balaban J connectivity index is 2.22. The van der Waals surface area contributed by atoms with Gasteiger partial charge in [0.1, 0.15) is 0 Å². The monoisotopic (exact) mass is 290 g/mol. The molecule has 2 rings (SSSR count). The van der Waals surface area contributed by atoms with E-state index in [4.69, 9.17) is 4.42 Å². The van der Waals surface area contributed by atoms with Gasteiger partial charge in [0.05, 0.1) is 4.92 Å². The summed E-state index contributed by atoms with van der Waals surface area (Å²) in [6.45, 7) is 5.25. The van der Waals surface area contributed by atoms with Crippen molar-refractivity contribution in [3.05, 3.63) is 34.4 Å². The lowest BCUT2D eigenvalue weighted by molar-refractivity contribution is -0.384. The molecule has 0 aliphatic carbocycles. The summed E-state index contributed by atoms with van der Waals surface area (Å²) in [4.78, 5) is 22.0. The van der Waals surface area contributed by atoms with Crippen LogP contribution in [-0.2, 0) is 4.79 Å². The van der Waals surface area contributed by atoms with Gasteiger partial charge in [-0.05, 0) is 6.07 Å². The SMILES string of the molecule is CC(C)(C)C(=O)Nc1nnc(-c2cccc([N+](=O)[O-])c2)o1. The lowest BCUT2D eigenvalue weighted by atomic mass is 9.96. The summed E-state index contributed by atoms with van der Waals surface area (Å²) in [6, 6.07) is 5.77. The van der Waals surface area contributed by atoms with Gasteiger partial charge in [-0.1, -0.05) is 31.9 Å². The molecule has 0 saturated heterocycles. The van der Waals surface area contributed by atoms with E-state index in [-0.39, 0.29) is 23.5 Å². The van der Waals surface area contributed by atoms with Gasteiger partial charge in [0.25, 0.3) is 5.69 Å². The van der Waals surface area contributed by atoms with Crippen LogP contribution in [0, 0.1) is 15.5 Å². The minimum Gasteiger partial charge on any atom is -0.403 e. The van der Waals surface area contributed by atoms with E-state index < -0.39 is 10.3 Å². The van der Waals surface area contributed by atoms with Crippen LogP contribution >= 0.6 is 0 Å². The van der Waals surface area contributed by atoms with Crippen LogP contribution < -0.4 is 5.32 Å². The van der Waals surface area contributed by atoms with Crippen molar-refractivity contribution in [1.29, 1.82) is 0 Å². The zero-order chi connectivity index (χ0) is 15.6. The first-order chi connectivity index (χ1) is 9.77. The third-order valence-electron chi connectivity index (χ3n) is 2.63. The van der Waals surface area contributed by atoms with Gasteiger partial charge in [0.2, 0.25) is 11.8 Å². The molecule has 0 aliphatic heterocycles. The minimum absolute atomic E-state index is 0.0450. The summed E-state index contributed by atoms with van der Waals surface area (Å²) >= 11 is 0. The normalized spacial score (nSPS) is 11.2. The molecule has 1 heterocycles. The largest absolute Gasteiger partial charge is 0.403 e. The van der Waals surface area contributed by atoms with E-state index in [0.29, 0.717) is 5.56 Å². The maximum absolute atomic E-state index is 11.8. The van der Waals surface area contributed by atoms with Crippen LogP contribution in [0.5, 0.6) is 0 Å². The molecule has 0 aliphatic rings. The Morgan fingerprint density at radius 2 is 2.05 bits per heavy atom. The summed E-state index contributed by atoms with van der Waals surface area (Å²) in [7, 11) is 0. The number of carbonyl (C=O) groups excluding carboxylic acids is 1. The van der Waals surface area contributed by atoms with E-state index in [1.807, 2.05) is 0 Å². The molecule has 1 amide bonds. The Bertz CT molecular complexity index is 687. The molecule has 0 fully saturated rings. The number of aromatic nitrogens is 2. The number of rotatable bonds is 3. The molecule has 110 valence electrons. The highest BCUT2D eigenvalue weighted by molar-refractivity contribution is 5.92. The molecule has 0 saturated carbocycles. The van der Waals surface area contributed by atoms with Crippen LogP contribution in [0.25, 0.3) is 11.5 Å². The average molecular weight is 290 g/mol. The Morgan fingerprint density at radius 3 is 2.67 bits per heavy atom. The number of benzene rings is 1. The van der Waals surface area contributed by atoms with Gasteiger partial charge < -0.3 is 4.42 Å². The highest BCUT2D eigenvalue weighted by atomic mass is 16.6. The molecule has 2 aromatic rings. The lowest BCUT2D eigenvalue weighted by Gasteiger charge is -2.15. The topological polar surface area (TPSA) is 111 Å². The molecule has 0 bridgehead atoms. The van der Waals surface area contributed by atoms with Crippen LogP contribution in [0.15, 0.2) is 28.7 Å². The van der Waals surface area contributed by atoms with Crippen molar-refractivity contribution >= 4 is 17.6 Å². The molecule has 0 spiro atoms. The Kier molecular flexibility index (Phi) is 3.70. The zero-order valence-electron chi connectivity index (χ0n) is 11.8. The Labute approximate surface area is 120 Å². The van der Waals surface area contributed by atoms with Crippen molar-refractivity contribution in [2.75, 3.05) is 5.32 Å². The highest BCUT2D eigenvalue weighted by Crippen LogP contribution is 2.24. The summed E-state index contributed by atoms with van der Waals surface area (Å²) in [6.07, 6.45) is 0. The fourth-order valence-electron chi connectivity index (χ4n) is 1.43. The third kappa shape index (κ3) is 3.41. The maximum Gasteiger partial charge on any atom is 0.322 e. The van der Waals surface area contributed by atoms with Crippen molar-refractivity contribution < 1.29 is 14.1 Å². The summed E-state index contributed by atoms with van der Waals surface area (Å²) in [5, 5.41) is 20.7. The van der Waals surface area contributed by atoms with Crippen molar-refractivity contribution in [2.24, 2.45) is 5.41 Å². The predicted molar refractivity (Wildman–Crippen MR) is 74.5 cm³/mol. The molecule has 0 atom stereocenters. The molecule has 21 heavy (non-hydrogen) atoms. The van der Waals surface area contributed by atoms with E-state index in [1.165, 1.54) is 18.2 Å². The van der Waals surface area contributed by atoms with Gasteiger partial charge in [-0.25, -0.2) is 0 Å². The van der Waals surface area contributed by atoms with Gasteiger partial charge in [-0.15, -0.1) is 5.10 Å². The van der Waals surface area contributed by atoms with Crippen LogP contribution in [0.4, 0.5) is 11.7 Å². The minimum atomic E-state index is -0.597. The van der Waals surface area contributed by atoms with E-state index in [1.54, 1.807) is 26.8 Å².